The van der Waals surface area contributed by atoms with Crippen LogP contribution in [0.25, 0.3) is 0 Å². The second kappa shape index (κ2) is 6.97. The molecule has 24 heavy (non-hydrogen) atoms. The summed E-state index contributed by atoms with van der Waals surface area (Å²) >= 11 is 0. The number of anilines is 1. The van der Waals surface area contributed by atoms with E-state index < -0.39 is 0 Å². The SMILES string of the molecule is C=C/C=C\C(=C/C)NC(=O)C1C2CCC(O2)C1c1cnc(N)nc1. The fraction of sp³-hybridized carbons (Fsp3) is 0.389. The number of hydrogen-bond donors (Lipinski definition) is 2. The first-order valence-corrected chi connectivity index (χ1v) is 8.13. The lowest BCUT2D eigenvalue weighted by Gasteiger charge is -2.27. The predicted octanol–water partition coefficient (Wildman–Crippen LogP) is 2.08. The van der Waals surface area contributed by atoms with Crippen LogP contribution in [-0.2, 0) is 9.53 Å². The van der Waals surface area contributed by atoms with Crippen LogP contribution in [0, 0.1) is 5.92 Å². The zero-order chi connectivity index (χ0) is 17.1. The molecule has 126 valence electrons. The van der Waals surface area contributed by atoms with Gasteiger partial charge in [-0.3, -0.25) is 4.79 Å². The van der Waals surface area contributed by atoms with Crippen molar-refractivity contribution in [1.29, 1.82) is 0 Å². The molecule has 2 aliphatic heterocycles. The topological polar surface area (TPSA) is 90.1 Å². The number of nitrogens with one attached hydrogen (secondary N) is 1. The Morgan fingerprint density at radius 3 is 2.75 bits per heavy atom. The van der Waals surface area contributed by atoms with Gasteiger partial charge in [-0.15, -0.1) is 0 Å². The Morgan fingerprint density at radius 1 is 1.38 bits per heavy atom. The van der Waals surface area contributed by atoms with E-state index >= 15 is 0 Å². The molecule has 6 nitrogen and oxygen atoms in total. The molecule has 2 aliphatic rings. The van der Waals surface area contributed by atoms with Crippen LogP contribution in [-0.4, -0.2) is 28.1 Å². The van der Waals surface area contributed by atoms with Gasteiger partial charge >= 0.3 is 0 Å². The monoisotopic (exact) mass is 326 g/mol. The highest BCUT2D eigenvalue weighted by Gasteiger charge is 2.53. The minimum absolute atomic E-state index is 0.0363. The summed E-state index contributed by atoms with van der Waals surface area (Å²) in [4.78, 5) is 21.0. The van der Waals surface area contributed by atoms with Gasteiger partial charge in [0.2, 0.25) is 11.9 Å². The maximum atomic E-state index is 12.9. The zero-order valence-electron chi connectivity index (χ0n) is 13.7. The second-order valence-electron chi connectivity index (χ2n) is 6.04. The molecule has 1 amide bonds. The molecular formula is C18H22N4O2. The summed E-state index contributed by atoms with van der Waals surface area (Å²) in [6.07, 6.45) is 12.4. The molecule has 2 fully saturated rings. The van der Waals surface area contributed by atoms with E-state index in [1.54, 1.807) is 24.5 Å². The van der Waals surface area contributed by atoms with Gasteiger partial charge < -0.3 is 15.8 Å². The van der Waals surface area contributed by atoms with Crippen LogP contribution in [0.4, 0.5) is 5.95 Å². The average Bonchev–Trinajstić information content (AvgIpc) is 3.20. The third-order valence-electron chi connectivity index (χ3n) is 4.64. The van der Waals surface area contributed by atoms with E-state index in [1.165, 1.54) is 0 Å². The van der Waals surface area contributed by atoms with Crippen molar-refractivity contribution in [3.8, 4) is 0 Å². The Kier molecular flexibility index (Phi) is 4.76. The maximum Gasteiger partial charge on any atom is 0.230 e. The Morgan fingerprint density at radius 2 is 2.08 bits per heavy atom. The fourth-order valence-electron chi connectivity index (χ4n) is 3.56. The van der Waals surface area contributed by atoms with Crippen molar-refractivity contribution in [3.05, 3.63) is 54.5 Å². The molecule has 0 spiro atoms. The van der Waals surface area contributed by atoms with Gasteiger partial charge in [-0.2, -0.15) is 0 Å². The fourth-order valence-corrected chi connectivity index (χ4v) is 3.56. The number of fused-ring (bicyclic) bond motifs is 2. The van der Waals surface area contributed by atoms with Gasteiger partial charge in [-0.25, -0.2) is 9.97 Å². The van der Waals surface area contributed by atoms with Gasteiger partial charge in [0, 0.05) is 24.0 Å². The van der Waals surface area contributed by atoms with Gasteiger partial charge in [0.15, 0.2) is 0 Å². The first kappa shape index (κ1) is 16.4. The van der Waals surface area contributed by atoms with E-state index in [0.717, 1.165) is 24.1 Å². The molecule has 1 aromatic rings. The highest BCUT2D eigenvalue weighted by atomic mass is 16.5. The summed E-state index contributed by atoms with van der Waals surface area (Å²) in [5.41, 5.74) is 7.22. The van der Waals surface area contributed by atoms with Crippen molar-refractivity contribution in [2.24, 2.45) is 5.92 Å². The molecule has 3 rings (SSSR count). The van der Waals surface area contributed by atoms with Crippen LogP contribution >= 0.6 is 0 Å². The van der Waals surface area contributed by atoms with Crippen LogP contribution in [0.5, 0.6) is 0 Å². The molecule has 2 saturated heterocycles. The van der Waals surface area contributed by atoms with Crippen molar-refractivity contribution in [3.63, 3.8) is 0 Å². The number of nitrogens with two attached hydrogens (primary N) is 1. The molecular weight excluding hydrogens is 304 g/mol. The maximum absolute atomic E-state index is 12.9. The van der Waals surface area contributed by atoms with Crippen molar-refractivity contribution >= 4 is 11.9 Å². The number of ether oxygens (including phenoxy) is 1. The van der Waals surface area contributed by atoms with Gasteiger partial charge in [-0.05, 0) is 31.4 Å². The molecule has 6 heteroatoms. The smallest absolute Gasteiger partial charge is 0.230 e. The molecule has 1 aromatic heterocycles. The van der Waals surface area contributed by atoms with Crippen molar-refractivity contribution < 1.29 is 9.53 Å². The molecule has 3 N–H and O–H groups in total. The van der Waals surface area contributed by atoms with E-state index in [2.05, 4.69) is 21.9 Å². The number of allylic oxidation sites excluding steroid dienone is 4. The van der Waals surface area contributed by atoms with Crippen molar-refractivity contribution in [2.45, 2.75) is 37.9 Å². The number of hydrogen-bond acceptors (Lipinski definition) is 5. The minimum Gasteiger partial charge on any atom is -0.373 e. The quantitative estimate of drug-likeness (QED) is 0.809. The van der Waals surface area contributed by atoms with E-state index in [1.807, 2.05) is 19.1 Å². The van der Waals surface area contributed by atoms with Crippen molar-refractivity contribution in [1.82, 2.24) is 15.3 Å². The summed E-state index contributed by atoms with van der Waals surface area (Å²) < 4.78 is 6.00. The van der Waals surface area contributed by atoms with Crippen LogP contribution < -0.4 is 11.1 Å². The van der Waals surface area contributed by atoms with Crippen LogP contribution in [0.15, 0.2) is 49.0 Å². The molecule has 3 heterocycles. The van der Waals surface area contributed by atoms with Gasteiger partial charge in [-0.1, -0.05) is 24.8 Å². The Labute approximate surface area is 141 Å². The summed E-state index contributed by atoms with van der Waals surface area (Å²) in [6, 6.07) is 0. The normalized spacial score (nSPS) is 29.1. The van der Waals surface area contributed by atoms with Gasteiger partial charge in [0.1, 0.15) is 0 Å². The zero-order valence-corrected chi connectivity index (χ0v) is 13.7. The van der Waals surface area contributed by atoms with E-state index in [9.17, 15) is 4.79 Å². The van der Waals surface area contributed by atoms with Gasteiger partial charge in [0.25, 0.3) is 0 Å². The first-order chi connectivity index (χ1) is 11.6. The molecule has 0 aliphatic carbocycles. The number of carbonyl (C=O) groups is 1. The average molecular weight is 326 g/mol. The lowest BCUT2D eigenvalue weighted by Crippen LogP contribution is -2.39. The predicted molar refractivity (Wildman–Crippen MR) is 91.8 cm³/mol. The molecule has 0 radical (unpaired) electrons. The largest absolute Gasteiger partial charge is 0.373 e. The molecule has 0 saturated carbocycles. The number of amides is 1. The molecule has 0 aromatic carbocycles. The lowest BCUT2D eigenvalue weighted by atomic mass is 9.75. The summed E-state index contributed by atoms with van der Waals surface area (Å²) in [5.74, 6) is -0.0886. The van der Waals surface area contributed by atoms with Gasteiger partial charge in [0.05, 0.1) is 18.1 Å². The number of rotatable bonds is 5. The number of carbonyl (C=O) groups excluding carboxylic acids is 1. The number of nitrogens with zero attached hydrogens (tertiary/aromatic N) is 2. The van der Waals surface area contributed by atoms with E-state index in [4.69, 9.17) is 10.5 Å². The number of nitrogen functional groups attached to an aromatic ring is 1. The van der Waals surface area contributed by atoms with Crippen LogP contribution in [0.2, 0.25) is 0 Å². The Hall–Kier alpha value is -2.47. The summed E-state index contributed by atoms with van der Waals surface area (Å²) in [7, 11) is 0. The Balaban J connectivity index is 1.82. The van der Waals surface area contributed by atoms with E-state index in [-0.39, 0.29) is 35.9 Å². The van der Waals surface area contributed by atoms with Crippen LogP contribution in [0.3, 0.4) is 0 Å². The highest BCUT2D eigenvalue weighted by Crippen LogP contribution is 2.48. The second-order valence-corrected chi connectivity index (χ2v) is 6.04. The Bertz CT molecular complexity index is 681. The highest BCUT2D eigenvalue weighted by molar-refractivity contribution is 5.83. The third-order valence-corrected chi connectivity index (χ3v) is 4.64. The molecule has 4 unspecified atom stereocenters. The van der Waals surface area contributed by atoms with Crippen molar-refractivity contribution in [2.75, 3.05) is 5.73 Å². The van der Waals surface area contributed by atoms with E-state index in [0.29, 0.717) is 0 Å². The first-order valence-electron chi connectivity index (χ1n) is 8.13. The minimum atomic E-state index is -0.247. The third kappa shape index (κ3) is 3.10. The van der Waals surface area contributed by atoms with Crippen LogP contribution in [0.1, 0.15) is 31.2 Å². The summed E-state index contributed by atoms with van der Waals surface area (Å²) in [6.45, 7) is 5.52. The molecule has 2 bridgehead atoms. The molecule has 4 atom stereocenters. The number of aromatic nitrogens is 2. The lowest BCUT2D eigenvalue weighted by molar-refractivity contribution is -0.126. The standard InChI is InChI=1S/C18H22N4O2/c1-3-5-6-12(4-2)22-17(23)16-14-8-7-13(24-14)15(16)11-9-20-18(19)21-10-11/h3-6,9-10,13-16H,1,7-8H2,2H3,(H,22,23)(H2,19,20,21)/b6-5-,12-4+. The summed E-state index contributed by atoms with van der Waals surface area (Å²) in [5, 5.41) is 2.98.